The van der Waals surface area contributed by atoms with Gasteiger partial charge in [0.05, 0.1) is 11.1 Å². The SMILES string of the molecule is O=C(N/N=C/c1cn2ccccc2n1)c1cc2ccccc2s1. The Labute approximate surface area is 135 Å². The van der Waals surface area contributed by atoms with Crippen LogP contribution in [0.4, 0.5) is 0 Å². The molecule has 3 heterocycles. The normalized spacial score (nSPS) is 11.5. The van der Waals surface area contributed by atoms with Crippen molar-refractivity contribution in [1.82, 2.24) is 14.8 Å². The second-order valence-corrected chi connectivity index (χ2v) is 6.06. The number of aromatic nitrogens is 2. The van der Waals surface area contributed by atoms with Crippen molar-refractivity contribution in [1.29, 1.82) is 0 Å². The second kappa shape index (κ2) is 5.66. The van der Waals surface area contributed by atoms with Crippen LogP contribution in [0.15, 0.2) is 66.0 Å². The molecule has 0 saturated heterocycles. The van der Waals surface area contributed by atoms with Crippen molar-refractivity contribution < 1.29 is 4.79 Å². The highest BCUT2D eigenvalue weighted by Gasteiger charge is 2.08. The number of fused-ring (bicyclic) bond motifs is 2. The standard InChI is InChI=1S/C17H12N4OS/c22-17(15-9-12-5-1-2-6-14(12)23-15)20-18-10-13-11-21-8-4-3-7-16(21)19-13/h1-11H,(H,20,22)/b18-10+. The minimum atomic E-state index is -0.216. The quantitative estimate of drug-likeness (QED) is 0.465. The lowest BCUT2D eigenvalue weighted by Gasteiger charge is -1.93. The minimum Gasteiger partial charge on any atom is -0.306 e. The van der Waals surface area contributed by atoms with Crippen molar-refractivity contribution >= 4 is 39.2 Å². The third-order valence-electron chi connectivity index (χ3n) is 3.39. The van der Waals surface area contributed by atoms with Gasteiger partial charge in [0, 0.05) is 17.1 Å². The molecule has 1 N–H and O–H groups in total. The largest absolute Gasteiger partial charge is 0.306 e. The average Bonchev–Trinajstić information content (AvgIpc) is 3.18. The van der Waals surface area contributed by atoms with Gasteiger partial charge in [-0.25, -0.2) is 10.4 Å². The van der Waals surface area contributed by atoms with Crippen LogP contribution < -0.4 is 5.43 Å². The van der Waals surface area contributed by atoms with Crippen LogP contribution >= 0.6 is 11.3 Å². The number of hydrogen-bond acceptors (Lipinski definition) is 4. The summed E-state index contributed by atoms with van der Waals surface area (Å²) in [7, 11) is 0. The maximum Gasteiger partial charge on any atom is 0.281 e. The summed E-state index contributed by atoms with van der Waals surface area (Å²) in [6.07, 6.45) is 5.30. The Bertz CT molecular complexity index is 965. The Morgan fingerprint density at radius 3 is 2.96 bits per heavy atom. The molecule has 0 radical (unpaired) electrons. The zero-order valence-corrected chi connectivity index (χ0v) is 12.8. The van der Waals surface area contributed by atoms with Crippen LogP contribution in [-0.4, -0.2) is 21.5 Å². The number of pyridine rings is 1. The molecule has 0 unspecified atom stereocenters. The molecule has 3 aromatic heterocycles. The molecule has 0 aliphatic heterocycles. The van der Waals surface area contributed by atoms with Gasteiger partial charge in [-0.1, -0.05) is 24.3 Å². The highest BCUT2D eigenvalue weighted by atomic mass is 32.1. The zero-order valence-electron chi connectivity index (χ0n) is 12.0. The van der Waals surface area contributed by atoms with Crippen LogP contribution in [0.1, 0.15) is 15.4 Å². The maximum atomic E-state index is 12.1. The Hall–Kier alpha value is -2.99. The first-order valence-electron chi connectivity index (χ1n) is 7.05. The molecule has 0 atom stereocenters. The van der Waals surface area contributed by atoms with Gasteiger partial charge in [0.25, 0.3) is 5.91 Å². The van der Waals surface area contributed by atoms with Gasteiger partial charge >= 0.3 is 0 Å². The van der Waals surface area contributed by atoms with E-state index in [0.29, 0.717) is 10.6 Å². The third kappa shape index (κ3) is 2.72. The molecule has 0 bridgehead atoms. The predicted molar refractivity (Wildman–Crippen MR) is 92.1 cm³/mol. The van der Waals surface area contributed by atoms with Gasteiger partial charge in [0.2, 0.25) is 0 Å². The number of hydrazone groups is 1. The number of imidazole rings is 1. The molecule has 23 heavy (non-hydrogen) atoms. The van der Waals surface area contributed by atoms with E-state index in [1.54, 1.807) is 0 Å². The number of carbonyl (C=O) groups is 1. The van der Waals surface area contributed by atoms with Gasteiger partial charge in [0.1, 0.15) is 11.3 Å². The minimum absolute atomic E-state index is 0.216. The molecule has 112 valence electrons. The fraction of sp³-hybridized carbons (Fsp3) is 0. The fourth-order valence-corrected chi connectivity index (χ4v) is 3.27. The molecule has 4 rings (SSSR count). The lowest BCUT2D eigenvalue weighted by atomic mass is 10.2. The average molecular weight is 320 g/mol. The summed E-state index contributed by atoms with van der Waals surface area (Å²) in [5.74, 6) is -0.216. The van der Waals surface area contributed by atoms with Crippen LogP contribution in [-0.2, 0) is 0 Å². The Balaban J connectivity index is 1.50. The molecular formula is C17H12N4OS. The molecule has 6 heteroatoms. The number of amides is 1. The van der Waals surface area contributed by atoms with E-state index in [9.17, 15) is 4.79 Å². The first kappa shape index (κ1) is 13.7. The van der Waals surface area contributed by atoms with E-state index in [-0.39, 0.29) is 5.91 Å². The molecule has 0 aliphatic rings. The fourth-order valence-electron chi connectivity index (χ4n) is 2.32. The molecule has 0 aliphatic carbocycles. The van der Waals surface area contributed by atoms with Gasteiger partial charge in [-0.15, -0.1) is 11.3 Å². The molecule has 1 aromatic carbocycles. The summed E-state index contributed by atoms with van der Waals surface area (Å²) in [5.41, 5.74) is 4.07. The summed E-state index contributed by atoms with van der Waals surface area (Å²) in [5, 5.41) is 5.05. The van der Waals surface area contributed by atoms with E-state index in [0.717, 1.165) is 15.7 Å². The van der Waals surface area contributed by atoms with Crippen LogP contribution in [0.25, 0.3) is 15.7 Å². The summed E-state index contributed by atoms with van der Waals surface area (Å²) >= 11 is 1.45. The molecular weight excluding hydrogens is 308 g/mol. The van der Waals surface area contributed by atoms with E-state index in [4.69, 9.17) is 0 Å². The molecule has 0 saturated carbocycles. The Kier molecular flexibility index (Phi) is 3.36. The summed E-state index contributed by atoms with van der Waals surface area (Å²) in [6.45, 7) is 0. The number of thiophene rings is 1. The lowest BCUT2D eigenvalue weighted by Crippen LogP contribution is -2.16. The second-order valence-electron chi connectivity index (χ2n) is 4.98. The first-order valence-corrected chi connectivity index (χ1v) is 7.87. The summed E-state index contributed by atoms with van der Waals surface area (Å²) in [6, 6.07) is 15.5. The summed E-state index contributed by atoms with van der Waals surface area (Å²) in [4.78, 5) is 17.2. The van der Waals surface area contributed by atoms with Crippen molar-refractivity contribution in [2.24, 2.45) is 5.10 Å². The highest BCUT2D eigenvalue weighted by Crippen LogP contribution is 2.24. The lowest BCUT2D eigenvalue weighted by molar-refractivity contribution is 0.0959. The van der Waals surface area contributed by atoms with Gasteiger partial charge in [-0.05, 0) is 29.7 Å². The highest BCUT2D eigenvalue weighted by molar-refractivity contribution is 7.20. The first-order chi connectivity index (χ1) is 11.3. The van der Waals surface area contributed by atoms with E-state index < -0.39 is 0 Å². The number of rotatable bonds is 3. The monoisotopic (exact) mass is 320 g/mol. The number of nitrogens with one attached hydrogen (secondary N) is 1. The number of hydrogen-bond donors (Lipinski definition) is 1. The summed E-state index contributed by atoms with van der Waals surface area (Å²) < 4.78 is 2.98. The van der Waals surface area contributed by atoms with Crippen molar-refractivity contribution in [3.05, 3.63) is 71.5 Å². The van der Waals surface area contributed by atoms with Gasteiger partial charge in [0.15, 0.2) is 0 Å². The smallest absolute Gasteiger partial charge is 0.281 e. The Morgan fingerprint density at radius 2 is 2.09 bits per heavy atom. The third-order valence-corrected chi connectivity index (χ3v) is 4.51. The predicted octanol–water partition coefficient (Wildman–Crippen LogP) is 3.31. The number of benzene rings is 1. The van der Waals surface area contributed by atoms with E-state index in [1.165, 1.54) is 17.6 Å². The van der Waals surface area contributed by atoms with Crippen LogP contribution in [0.3, 0.4) is 0 Å². The van der Waals surface area contributed by atoms with E-state index >= 15 is 0 Å². The van der Waals surface area contributed by atoms with Gasteiger partial charge in [-0.3, -0.25) is 4.79 Å². The van der Waals surface area contributed by atoms with E-state index in [2.05, 4.69) is 15.5 Å². The van der Waals surface area contributed by atoms with Crippen LogP contribution in [0.5, 0.6) is 0 Å². The molecule has 0 fully saturated rings. The van der Waals surface area contributed by atoms with Crippen LogP contribution in [0, 0.1) is 0 Å². The van der Waals surface area contributed by atoms with Gasteiger partial charge < -0.3 is 4.40 Å². The molecule has 5 nitrogen and oxygen atoms in total. The number of nitrogens with zero attached hydrogens (tertiary/aromatic N) is 3. The van der Waals surface area contributed by atoms with Gasteiger partial charge in [-0.2, -0.15) is 5.10 Å². The molecule has 0 spiro atoms. The Morgan fingerprint density at radius 1 is 1.22 bits per heavy atom. The number of carbonyl (C=O) groups excluding carboxylic acids is 1. The molecule has 4 aromatic rings. The molecule has 1 amide bonds. The maximum absolute atomic E-state index is 12.1. The van der Waals surface area contributed by atoms with Crippen molar-refractivity contribution in [3.8, 4) is 0 Å². The topological polar surface area (TPSA) is 58.8 Å². The van der Waals surface area contributed by atoms with Crippen LogP contribution in [0.2, 0.25) is 0 Å². The van der Waals surface area contributed by atoms with Crippen molar-refractivity contribution in [3.63, 3.8) is 0 Å². The van der Waals surface area contributed by atoms with E-state index in [1.807, 2.05) is 65.3 Å². The zero-order chi connectivity index (χ0) is 15.6. The van der Waals surface area contributed by atoms with Crippen molar-refractivity contribution in [2.75, 3.05) is 0 Å². The van der Waals surface area contributed by atoms with Crippen molar-refractivity contribution in [2.45, 2.75) is 0 Å².